The van der Waals surface area contributed by atoms with E-state index in [4.69, 9.17) is 4.74 Å². The van der Waals surface area contributed by atoms with Crippen LogP contribution in [0.4, 0.5) is 0 Å². The summed E-state index contributed by atoms with van der Waals surface area (Å²) in [4.78, 5) is 12.5. The first-order chi connectivity index (χ1) is 9.55. The van der Waals surface area contributed by atoms with Crippen LogP contribution in [0.5, 0.6) is 5.75 Å². The normalized spacial score (nSPS) is 10.6. The summed E-state index contributed by atoms with van der Waals surface area (Å²) in [7, 11) is 1.59. The number of Topliss-reactive ketones (excluding diaryl/α,β-unsaturated/α-hetero) is 1. The zero-order valence-corrected chi connectivity index (χ0v) is 13.4. The van der Waals surface area contributed by atoms with Gasteiger partial charge in [-0.3, -0.25) is 9.48 Å². The zero-order valence-electron chi connectivity index (χ0n) is 11.8. The van der Waals surface area contributed by atoms with Gasteiger partial charge in [0.2, 0.25) is 0 Å². The van der Waals surface area contributed by atoms with Gasteiger partial charge >= 0.3 is 0 Å². The molecule has 2 rings (SSSR count). The van der Waals surface area contributed by atoms with Gasteiger partial charge in [0.1, 0.15) is 5.75 Å². The molecule has 106 valence electrons. The molecule has 0 fully saturated rings. The summed E-state index contributed by atoms with van der Waals surface area (Å²) in [5.41, 5.74) is 2.50. The highest BCUT2D eigenvalue weighted by Gasteiger charge is 2.15. The molecule has 2 aromatic rings. The number of benzene rings is 1. The van der Waals surface area contributed by atoms with Crippen molar-refractivity contribution in [2.45, 2.75) is 26.8 Å². The first-order valence-corrected chi connectivity index (χ1v) is 7.24. The standard InChI is InChI=1S/C15H17BrN2O2/c1-4-18-11(7-10(2)17-18)8-15(19)13-9-12(20-3)5-6-14(13)16/h5-7,9H,4,8H2,1-3H3. The largest absolute Gasteiger partial charge is 0.497 e. The van der Waals surface area contributed by atoms with E-state index in [1.807, 2.05) is 36.7 Å². The molecule has 0 aliphatic rings. The highest BCUT2D eigenvalue weighted by atomic mass is 79.9. The van der Waals surface area contributed by atoms with Crippen LogP contribution < -0.4 is 4.74 Å². The number of carbonyl (C=O) groups excluding carboxylic acids is 1. The van der Waals surface area contributed by atoms with E-state index in [1.54, 1.807) is 13.2 Å². The summed E-state index contributed by atoms with van der Waals surface area (Å²) >= 11 is 3.42. The Labute approximate surface area is 126 Å². The van der Waals surface area contributed by atoms with Gasteiger partial charge in [-0.15, -0.1) is 0 Å². The molecule has 0 atom stereocenters. The van der Waals surface area contributed by atoms with Gasteiger partial charge in [-0.2, -0.15) is 5.10 Å². The van der Waals surface area contributed by atoms with Gasteiger partial charge in [-0.25, -0.2) is 0 Å². The van der Waals surface area contributed by atoms with Crippen molar-refractivity contribution in [2.75, 3.05) is 7.11 Å². The van der Waals surface area contributed by atoms with E-state index in [2.05, 4.69) is 21.0 Å². The summed E-state index contributed by atoms with van der Waals surface area (Å²) in [6.45, 7) is 4.71. The van der Waals surface area contributed by atoms with Gasteiger partial charge in [0.25, 0.3) is 0 Å². The Morgan fingerprint density at radius 3 is 2.80 bits per heavy atom. The maximum Gasteiger partial charge on any atom is 0.170 e. The number of methoxy groups -OCH3 is 1. The molecule has 0 amide bonds. The second-order valence-corrected chi connectivity index (χ2v) is 5.39. The fraction of sp³-hybridized carbons (Fsp3) is 0.333. The Kier molecular flexibility index (Phi) is 4.60. The van der Waals surface area contributed by atoms with Crippen LogP contribution >= 0.6 is 15.9 Å². The lowest BCUT2D eigenvalue weighted by Gasteiger charge is -2.07. The Hall–Kier alpha value is -1.62. The molecular weight excluding hydrogens is 320 g/mol. The van der Waals surface area contributed by atoms with E-state index in [0.29, 0.717) is 17.7 Å². The number of aryl methyl sites for hydroxylation is 2. The summed E-state index contributed by atoms with van der Waals surface area (Å²) in [6.07, 6.45) is 0.334. The van der Waals surface area contributed by atoms with Crippen molar-refractivity contribution in [1.29, 1.82) is 0 Å². The van der Waals surface area contributed by atoms with E-state index < -0.39 is 0 Å². The predicted molar refractivity (Wildman–Crippen MR) is 81.4 cm³/mol. The second-order valence-electron chi connectivity index (χ2n) is 4.54. The van der Waals surface area contributed by atoms with Crippen LogP contribution in [-0.4, -0.2) is 22.7 Å². The Bertz CT molecular complexity index is 635. The minimum Gasteiger partial charge on any atom is -0.497 e. The Morgan fingerprint density at radius 2 is 2.15 bits per heavy atom. The molecule has 1 aromatic carbocycles. The third-order valence-electron chi connectivity index (χ3n) is 3.10. The summed E-state index contributed by atoms with van der Waals surface area (Å²) in [5.74, 6) is 0.724. The lowest BCUT2D eigenvalue weighted by Crippen LogP contribution is -2.10. The number of ether oxygens (including phenoxy) is 1. The molecule has 0 aliphatic carbocycles. The lowest BCUT2D eigenvalue weighted by atomic mass is 10.1. The predicted octanol–water partition coefficient (Wildman–Crippen LogP) is 3.41. The Morgan fingerprint density at radius 1 is 1.40 bits per heavy atom. The molecule has 5 heteroatoms. The molecule has 0 radical (unpaired) electrons. The molecule has 0 saturated carbocycles. The van der Waals surface area contributed by atoms with Gasteiger partial charge in [-0.1, -0.05) is 15.9 Å². The summed E-state index contributed by atoms with van der Waals surface area (Å²) in [5, 5.41) is 4.36. The highest BCUT2D eigenvalue weighted by Crippen LogP contribution is 2.24. The van der Waals surface area contributed by atoms with E-state index in [1.165, 1.54) is 0 Å². The average Bonchev–Trinajstić information content (AvgIpc) is 2.79. The minimum atomic E-state index is 0.0466. The highest BCUT2D eigenvalue weighted by molar-refractivity contribution is 9.10. The monoisotopic (exact) mass is 336 g/mol. The van der Waals surface area contributed by atoms with E-state index >= 15 is 0 Å². The van der Waals surface area contributed by atoms with Crippen LogP contribution in [0.2, 0.25) is 0 Å². The lowest BCUT2D eigenvalue weighted by molar-refractivity contribution is 0.0989. The van der Waals surface area contributed by atoms with Crippen molar-refractivity contribution in [2.24, 2.45) is 0 Å². The van der Waals surface area contributed by atoms with E-state index in [9.17, 15) is 4.79 Å². The van der Waals surface area contributed by atoms with Gasteiger partial charge in [0, 0.05) is 22.3 Å². The molecule has 4 nitrogen and oxygen atoms in total. The van der Waals surface area contributed by atoms with Crippen LogP contribution in [0.15, 0.2) is 28.7 Å². The molecule has 0 bridgehead atoms. The fourth-order valence-corrected chi connectivity index (χ4v) is 2.59. The van der Waals surface area contributed by atoms with Crippen LogP contribution in [-0.2, 0) is 13.0 Å². The third-order valence-corrected chi connectivity index (χ3v) is 3.79. The number of rotatable bonds is 5. The van der Waals surface area contributed by atoms with Gasteiger partial charge < -0.3 is 4.74 Å². The number of nitrogens with zero attached hydrogens (tertiary/aromatic N) is 2. The van der Waals surface area contributed by atoms with Crippen LogP contribution in [0.1, 0.15) is 28.7 Å². The third kappa shape index (κ3) is 3.10. The second kappa shape index (κ2) is 6.22. The van der Waals surface area contributed by atoms with Crippen LogP contribution in [0, 0.1) is 6.92 Å². The van der Waals surface area contributed by atoms with Crippen molar-refractivity contribution >= 4 is 21.7 Å². The average molecular weight is 337 g/mol. The van der Waals surface area contributed by atoms with Crippen LogP contribution in [0.3, 0.4) is 0 Å². The SMILES string of the molecule is CCn1nc(C)cc1CC(=O)c1cc(OC)ccc1Br. The Balaban J connectivity index is 2.27. The topological polar surface area (TPSA) is 44.1 Å². The maximum absolute atomic E-state index is 12.5. The molecule has 20 heavy (non-hydrogen) atoms. The number of carbonyl (C=O) groups is 1. The molecule has 0 unspecified atom stereocenters. The smallest absolute Gasteiger partial charge is 0.170 e. The number of hydrogen-bond donors (Lipinski definition) is 0. The van der Waals surface area contributed by atoms with E-state index in [0.717, 1.165) is 22.4 Å². The first kappa shape index (κ1) is 14.8. The molecule has 1 aromatic heterocycles. The first-order valence-electron chi connectivity index (χ1n) is 6.45. The number of halogens is 1. The van der Waals surface area contributed by atoms with Gasteiger partial charge in [0.15, 0.2) is 5.78 Å². The minimum absolute atomic E-state index is 0.0466. The number of aromatic nitrogens is 2. The van der Waals surface area contributed by atoms with Gasteiger partial charge in [0.05, 0.1) is 19.2 Å². The maximum atomic E-state index is 12.5. The van der Waals surface area contributed by atoms with Crippen LogP contribution in [0.25, 0.3) is 0 Å². The summed E-state index contributed by atoms with van der Waals surface area (Å²) < 4.78 is 7.81. The molecule has 0 N–H and O–H groups in total. The molecular formula is C15H17BrN2O2. The van der Waals surface area contributed by atoms with Crippen molar-refractivity contribution < 1.29 is 9.53 Å². The fourth-order valence-electron chi connectivity index (χ4n) is 2.12. The molecule has 0 aliphatic heterocycles. The number of hydrogen-bond acceptors (Lipinski definition) is 3. The van der Waals surface area contributed by atoms with Crippen molar-refractivity contribution in [3.8, 4) is 5.75 Å². The quantitative estimate of drug-likeness (QED) is 0.786. The number of ketones is 1. The zero-order chi connectivity index (χ0) is 14.7. The van der Waals surface area contributed by atoms with Crippen molar-refractivity contribution in [3.63, 3.8) is 0 Å². The van der Waals surface area contributed by atoms with Crippen molar-refractivity contribution in [3.05, 3.63) is 45.7 Å². The van der Waals surface area contributed by atoms with Crippen molar-refractivity contribution in [1.82, 2.24) is 9.78 Å². The molecule has 0 spiro atoms. The van der Waals surface area contributed by atoms with Gasteiger partial charge in [-0.05, 0) is 38.1 Å². The molecule has 1 heterocycles. The molecule has 0 saturated heterocycles. The summed E-state index contributed by atoms with van der Waals surface area (Å²) in [6, 6.07) is 7.36. The van der Waals surface area contributed by atoms with E-state index in [-0.39, 0.29) is 5.78 Å².